The maximum atomic E-state index is 12.9. The SMILES string of the molecule is CC[C@H](C)[C@H](N)C(=O)Nc1ccc(Br)cc1C(F)(F)F. The first-order valence-electron chi connectivity index (χ1n) is 6.10. The molecule has 20 heavy (non-hydrogen) atoms. The third-order valence-electron chi connectivity index (χ3n) is 3.10. The molecule has 1 amide bonds. The van der Waals surface area contributed by atoms with E-state index in [1.165, 1.54) is 12.1 Å². The Morgan fingerprint density at radius 3 is 2.55 bits per heavy atom. The fraction of sp³-hybridized carbons (Fsp3) is 0.462. The van der Waals surface area contributed by atoms with Gasteiger partial charge in [0.25, 0.3) is 0 Å². The number of amides is 1. The van der Waals surface area contributed by atoms with Gasteiger partial charge in [0.2, 0.25) is 5.91 Å². The van der Waals surface area contributed by atoms with Gasteiger partial charge < -0.3 is 11.1 Å². The van der Waals surface area contributed by atoms with E-state index in [4.69, 9.17) is 5.73 Å². The Morgan fingerprint density at radius 1 is 1.45 bits per heavy atom. The van der Waals surface area contributed by atoms with Crippen LogP contribution < -0.4 is 11.1 Å². The highest BCUT2D eigenvalue weighted by Gasteiger charge is 2.34. The Morgan fingerprint density at radius 2 is 2.05 bits per heavy atom. The van der Waals surface area contributed by atoms with Gasteiger partial charge in [0.1, 0.15) is 0 Å². The lowest BCUT2D eigenvalue weighted by atomic mass is 9.99. The van der Waals surface area contributed by atoms with E-state index in [2.05, 4.69) is 21.2 Å². The van der Waals surface area contributed by atoms with E-state index in [9.17, 15) is 18.0 Å². The highest BCUT2D eigenvalue weighted by molar-refractivity contribution is 9.10. The fourth-order valence-electron chi connectivity index (χ4n) is 1.59. The average Bonchev–Trinajstić information content (AvgIpc) is 2.37. The molecule has 0 unspecified atom stereocenters. The van der Waals surface area contributed by atoms with E-state index in [0.717, 1.165) is 6.07 Å². The van der Waals surface area contributed by atoms with Gasteiger partial charge in [-0.25, -0.2) is 0 Å². The van der Waals surface area contributed by atoms with Crippen LogP contribution in [0.15, 0.2) is 22.7 Å². The average molecular weight is 353 g/mol. The van der Waals surface area contributed by atoms with Crippen LogP contribution in [0.5, 0.6) is 0 Å². The summed E-state index contributed by atoms with van der Waals surface area (Å²) in [4.78, 5) is 11.9. The summed E-state index contributed by atoms with van der Waals surface area (Å²) >= 11 is 2.98. The molecule has 0 spiro atoms. The van der Waals surface area contributed by atoms with Crippen LogP contribution in [0.3, 0.4) is 0 Å². The maximum Gasteiger partial charge on any atom is 0.418 e. The van der Waals surface area contributed by atoms with Crippen LogP contribution in [0.1, 0.15) is 25.8 Å². The van der Waals surface area contributed by atoms with Gasteiger partial charge in [-0.3, -0.25) is 4.79 Å². The first-order valence-corrected chi connectivity index (χ1v) is 6.89. The van der Waals surface area contributed by atoms with Crippen molar-refractivity contribution < 1.29 is 18.0 Å². The van der Waals surface area contributed by atoms with Crippen molar-refractivity contribution >= 4 is 27.5 Å². The maximum absolute atomic E-state index is 12.9. The Balaban J connectivity index is 3.01. The number of carbonyl (C=O) groups excluding carboxylic acids is 1. The molecule has 0 aliphatic heterocycles. The van der Waals surface area contributed by atoms with Crippen molar-refractivity contribution in [2.75, 3.05) is 5.32 Å². The number of benzene rings is 1. The Kier molecular flexibility index (Phi) is 5.59. The van der Waals surface area contributed by atoms with Gasteiger partial charge in [0, 0.05) is 4.47 Å². The second-order valence-corrected chi connectivity index (χ2v) is 5.50. The van der Waals surface area contributed by atoms with Crippen molar-refractivity contribution in [2.45, 2.75) is 32.5 Å². The zero-order valence-electron chi connectivity index (χ0n) is 11.1. The number of halogens is 4. The van der Waals surface area contributed by atoms with Gasteiger partial charge in [-0.15, -0.1) is 0 Å². The molecular weight excluding hydrogens is 337 g/mol. The van der Waals surface area contributed by atoms with Crippen LogP contribution in [0.25, 0.3) is 0 Å². The van der Waals surface area contributed by atoms with Crippen molar-refractivity contribution in [3.63, 3.8) is 0 Å². The minimum atomic E-state index is -4.55. The second kappa shape index (κ2) is 6.58. The summed E-state index contributed by atoms with van der Waals surface area (Å²) in [5.41, 5.74) is 4.51. The molecule has 1 aromatic rings. The van der Waals surface area contributed by atoms with E-state index >= 15 is 0 Å². The molecule has 0 bridgehead atoms. The normalized spacial score (nSPS) is 14.8. The van der Waals surface area contributed by atoms with Gasteiger partial charge in [-0.1, -0.05) is 36.2 Å². The number of hydrogen-bond donors (Lipinski definition) is 2. The van der Waals surface area contributed by atoms with E-state index in [-0.39, 0.29) is 16.1 Å². The van der Waals surface area contributed by atoms with Crippen LogP contribution in [-0.2, 0) is 11.0 Å². The second-order valence-electron chi connectivity index (χ2n) is 4.59. The van der Waals surface area contributed by atoms with Crippen molar-refractivity contribution in [3.05, 3.63) is 28.2 Å². The van der Waals surface area contributed by atoms with E-state index < -0.39 is 23.7 Å². The molecule has 0 fully saturated rings. The molecule has 0 saturated carbocycles. The van der Waals surface area contributed by atoms with Crippen LogP contribution in [0, 0.1) is 5.92 Å². The molecular formula is C13H16BrF3N2O. The summed E-state index contributed by atoms with van der Waals surface area (Å²) in [5, 5.41) is 2.25. The van der Waals surface area contributed by atoms with Crippen LogP contribution in [-0.4, -0.2) is 11.9 Å². The smallest absolute Gasteiger partial charge is 0.324 e. The van der Waals surface area contributed by atoms with Crippen LogP contribution >= 0.6 is 15.9 Å². The summed E-state index contributed by atoms with van der Waals surface area (Å²) in [6, 6.07) is 2.71. The number of anilines is 1. The minimum absolute atomic E-state index is 0.111. The lowest BCUT2D eigenvalue weighted by molar-refractivity contribution is -0.137. The van der Waals surface area contributed by atoms with Crippen molar-refractivity contribution in [1.29, 1.82) is 0 Å². The lowest BCUT2D eigenvalue weighted by Crippen LogP contribution is -2.41. The van der Waals surface area contributed by atoms with Crippen LogP contribution in [0.2, 0.25) is 0 Å². The van der Waals surface area contributed by atoms with Crippen molar-refractivity contribution in [1.82, 2.24) is 0 Å². The summed E-state index contributed by atoms with van der Waals surface area (Å²) in [6.45, 7) is 3.63. The molecule has 1 rings (SSSR count). The molecule has 0 aliphatic carbocycles. The molecule has 0 radical (unpaired) electrons. The topological polar surface area (TPSA) is 55.1 Å². The summed E-state index contributed by atoms with van der Waals surface area (Å²) in [5.74, 6) is -0.730. The van der Waals surface area contributed by atoms with E-state index in [1.54, 1.807) is 6.92 Å². The predicted molar refractivity (Wildman–Crippen MR) is 75.2 cm³/mol. The highest BCUT2D eigenvalue weighted by Crippen LogP contribution is 2.36. The third kappa shape index (κ3) is 4.21. The number of hydrogen-bond acceptors (Lipinski definition) is 2. The standard InChI is InChI=1S/C13H16BrF3N2O/c1-3-7(2)11(18)12(20)19-10-5-4-8(14)6-9(10)13(15,16)17/h4-7,11H,3,18H2,1-2H3,(H,19,20)/t7-,11-/m0/s1. The minimum Gasteiger partial charge on any atom is -0.324 e. The van der Waals surface area contributed by atoms with Gasteiger partial charge >= 0.3 is 6.18 Å². The van der Waals surface area contributed by atoms with Gasteiger partial charge in [-0.2, -0.15) is 13.2 Å². The Labute approximate surface area is 123 Å². The molecule has 112 valence electrons. The monoisotopic (exact) mass is 352 g/mol. The van der Waals surface area contributed by atoms with Crippen molar-refractivity contribution in [3.8, 4) is 0 Å². The zero-order chi connectivity index (χ0) is 15.5. The van der Waals surface area contributed by atoms with Gasteiger partial charge in [0.05, 0.1) is 17.3 Å². The molecule has 1 aromatic carbocycles. The number of carbonyl (C=O) groups is 1. The Bertz CT molecular complexity index is 491. The Hall–Kier alpha value is -1.08. The molecule has 3 nitrogen and oxygen atoms in total. The van der Waals surface area contributed by atoms with E-state index in [1.807, 2.05) is 6.92 Å². The predicted octanol–water partition coefficient (Wildman–Crippen LogP) is 3.78. The quantitative estimate of drug-likeness (QED) is 0.866. The molecule has 3 N–H and O–H groups in total. The zero-order valence-corrected chi connectivity index (χ0v) is 12.7. The largest absolute Gasteiger partial charge is 0.418 e. The number of rotatable bonds is 4. The van der Waals surface area contributed by atoms with Gasteiger partial charge in [0.15, 0.2) is 0 Å². The fourth-order valence-corrected chi connectivity index (χ4v) is 1.95. The molecule has 0 aliphatic rings. The third-order valence-corrected chi connectivity index (χ3v) is 3.60. The highest BCUT2D eigenvalue weighted by atomic mass is 79.9. The van der Waals surface area contributed by atoms with Gasteiger partial charge in [-0.05, 0) is 24.1 Å². The summed E-state index contributed by atoms with van der Waals surface area (Å²) in [7, 11) is 0. The first kappa shape index (κ1) is 17.0. The first-order chi connectivity index (χ1) is 9.16. The molecule has 2 atom stereocenters. The molecule has 0 aromatic heterocycles. The number of nitrogens with two attached hydrogens (primary N) is 1. The molecule has 0 saturated heterocycles. The number of nitrogens with one attached hydrogen (secondary N) is 1. The summed E-state index contributed by atoms with van der Waals surface area (Å²) in [6.07, 6.45) is -3.88. The molecule has 0 heterocycles. The summed E-state index contributed by atoms with van der Waals surface area (Å²) < 4.78 is 39.0. The van der Waals surface area contributed by atoms with Crippen molar-refractivity contribution in [2.24, 2.45) is 11.7 Å². The van der Waals surface area contributed by atoms with Crippen LogP contribution in [0.4, 0.5) is 18.9 Å². The van der Waals surface area contributed by atoms with E-state index in [0.29, 0.717) is 6.42 Å². The number of alkyl halides is 3. The lowest BCUT2D eigenvalue weighted by Gasteiger charge is -2.20. The molecule has 7 heteroatoms.